The topological polar surface area (TPSA) is 55.1 Å². The van der Waals surface area contributed by atoms with E-state index in [4.69, 9.17) is 5.73 Å². The van der Waals surface area contributed by atoms with Gasteiger partial charge >= 0.3 is 0 Å². The van der Waals surface area contributed by atoms with E-state index in [9.17, 15) is 9.18 Å². The molecule has 0 radical (unpaired) electrons. The summed E-state index contributed by atoms with van der Waals surface area (Å²) >= 11 is 0. The van der Waals surface area contributed by atoms with E-state index >= 15 is 0 Å². The zero-order chi connectivity index (χ0) is 14.4. The molecule has 0 spiro atoms. The molecule has 0 fully saturated rings. The van der Waals surface area contributed by atoms with Gasteiger partial charge in [0.15, 0.2) is 0 Å². The summed E-state index contributed by atoms with van der Waals surface area (Å²) in [6.45, 7) is 0.426. The molecule has 4 heteroatoms. The number of amides is 1. The molecule has 20 heavy (non-hydrogen) atoms. The molecule has 0 atom stereocenters. The second-order valence-corrected chi connectivity index (χ2v) is 4.28. The first-order chi connectivity index (χ1) is 9.67. The molecular weight excluding hydrogens is 255 g/mol. The number of hydrogen-bond donors (Lipinski definition) is 2. The van der Waals surface area contributed by atoms with Gasteiger partial charge in [-0.3, -0.25) is 4.79 Å². The van der Waals surface area contributed by atoms with E-state index in [1.165, 1.54) is 18.2 Å². The van der Waals surface area contributed by atoms with Crippen LogP contribution in [0.5, 0.6) is 0 Å². The molecule has 2 rings (SSSR count). The minimum Gasteiger partial charge on any atom is -0.326 e. The first kappa shape index (κ1) is 14.0. The van der Waals surface area contributed by atoms with Crippen molar-refractivity contribution in [2.45, 2.75) is 6.54 Å². The number of nitrogens with two attached hydrogens (primary N) is 1. The number of benzene rings is 2. The van der Waals surface area contributed by atoms with Crippen molar-refractivity contribution in [3.8, 4) is 0 Å². The summed E-state index contributed by atoms with van der Waals surface area (Å²) in [5, 5.41) is 2.74. The van der Waals surface area contributed by atoms with Crippen LogP contribution >= 0.6 is 0 Å². The van der Waals surface area contributed by atoms with Crippen molar-refractivity contribution in [3.63, 3.8) is 0 Å². The predicted molar refractivity (Wildman–Crippen MR) is 78.4 cm³/mol. The van der Waals surface area contributed by atoms with Gasteiger partial charge in [0.25, 0.3) is 0 Å². The molecule has 3 nitrogen and oxygen atoms in total. The molecule has 0 aliphatic rings. The third-order valence-electron chi connectivity index (χ3n) is 2.73. The summed E-state index contributed by atoms with van der Waals surface area (Å²) in [5.41, 5.74) is 7.95. The van der Waals surface area contributed by atoms with E-state index in [0.717, 1.165) is 11.1 Å². The maximum atomic E-state index is 12.7. The van der Waals surface area contributed by atoms with Crippen molar-refractivity contribution < 1.29 is 9.18 Å². The van der Waals surface area contributed by atoms with Gasteiger partial charge in [0, 0.05) is 18.3 Å². The Hall–Kier alpha value is -2.46. The molecule has 0 aromatic heterocycles. The first-order valence-corrected chi connectivity index (χ1v) is 6.21. The van der Waals surface area contributed by atoms with Crippen LogP contribution in [0.2, 0.25) is 0 Å². The lowest BCUT2D eigenvalue weighted by molar-refractivity contribution is -0.111. The van der Waals surface area contributed by atoms with Crippen LogP contribution in [0.1, 0.15) is 11.1 Å². The van der Waals surface area contributed by atoms with Crippen LogP contribution in [-0.4, -0.2) is 5.91 Å². The van der Waals surface area contributed by atoms with E-state index in [2.05, 4.69) is 5.32 Å². The van der Waals surface area contributed by atoms with E-state index in [-0.39, 0.29) is 11.7 Å². The van der Waals surface area contributed by atoms with Gasteiger partial charge in [0.2, 0.25) is 5.91 Å². The average molecular weight is 270 g/mol. The zero-order valence-corrected chi connectivity index (χ0v) is 10.8. The van der Waals surface area contributed by atoms with Crippen LogP contribution in [0.15, 0.2) is 54.6 Å². The number of hydrogen-bond acceptors (Lipinski definition) is 2. The Morgan fingerprint density at radius 2 is 1.95 bits per heavy atom. The summed E-state index contributed by atoms with van der Waals surface area (Å²) in [7, 11) is 0. The molecule has 102 valence electrons. The molecule has 2 aromatic rings. The normalized spacial score (nSPS) is 10.7. The Kier molecular flexibility index (Phi) is 4.63. The van der Waals surface area contributed by atoms with Crippen molar-refractivity contribution >= 4 is 17.7 Å². The number of rotatable bonds is 4. The standard InChI is InChI=1S/C16H15FN2O/c17-14-7-4-12(5-8-14)6-9-16(20)19-15-3-1-2-13(10-15)11-18/h1-10H,11,18H2,(H,19,20). The molecule has 0 unspecified atom stereocenters. The minimum absolute atomic E-state index is 0.247. The third kappa shape index (κ3) is 4.03. The summed E-state index contributed by atoms with van der Waals surface area (Å²) in [5.74, 6) is -0.548. The number of nitrogens with one attached hydrogen (secondary N) is 1. The van der Waals surface area contributed by atoms with E-state index < -0.39 is 0 Å². The van der Waals surface area contributed by atoms with Crippen LogP contribution in [0.25, 0.3) is 6.08 Å². The quantitative estimate of drug-likeness (QED) is 0.839. The molecule has 0 saturated carbocycles. The fourth-order valence-corrected chi connectivity index (χ4v) is 1.71. The highest BCUT2D eigenvalue weighted by atomic mass is 19.1. The molecule has 0 aliphatic carbocycles. The monoisotopic (exact) mass is 270 g/mol. The van der Waals surface area contributed by atoms with Crippen molar-refractivity contribution in [2.24, 2.45) is 5.73 Å². The van der Waals surface area contributed by atoms with Gasteiger partial charge < -0.3 is 11.1 Å². The molecule has 0 saturated heterocycles. The SMILES string of the molecule is NCc1cccc(NC(=O)C=Cc2ccc(F)cc2)c1. The highest BCUT2D eigenvalue weighted by Crippen LogP contribution is 2.10. The van der Waals surface area contributed by atoms with Gasteiger partial charge in [-0.05, 0) is 41.5 Å². The first-order valence-electron chi connectivity index (χ1n) is 6.21. The second kappa shape index (κ2) is 6.63. The lowest BCUT2D eigenvalue weighted by Crippen LogP contribution is -2.08. The summed E-state index contributed by atoms with van der Waals surface area (Å²) in [6, 6.07) is 13.3. The van der Waals surface area contributed by atoms with Crippen molar-refractivity contribution in [2.75, 3.05) is 5.32 Å². The Morgan fingerprint density at radius 3 is 2.65 bits per heavy atom. The molecule has 3 N–H and O–H groups in total. The van der Waals surface area contributed by atoms with Crippen LogP contribution in [0, 0.1) is 5.82 Å². The van der Waals surface area contributed by atoms with Crippen molar-refractivity contribution in [3.05, 3.63) is 71.6 Å². The Labute approximate surface area is 116 Å². The third-order valence-corrected chi connectivity index (χ3v) is 2.73. The zero-order valence-electron chi connectivity index (χ0n) is 10.8. The van der Waals surface area contributed by atoms with Gasteiger partial charge in [-0.15, -0.1) is 0 Å². The predicted octanol–water partition coefficient (Wildman–Crippen LogP) is 2.94. The van der Waals surface area contributed by atoms with Gasteiger partial charge in [-0.1, -0.05) is 24.3 Å². The fourth-order valence-electron chi connectivity index (χ4n) is 1.71. The van der Waals surface area contributed by atoms with Gasteiger partial charge in [-0.2, -0.15) is 0 Å². The van der Waals surface area contributed by atoms with Crippen LogP contribution in [0.4, 0.5) is 10.1 Å². The van der Waals surface area contributed by atoms with Crippen LogP contribution < -0.4 is 11.1 Å². The van der Waals surface area contributed by atoms with E-state index in [1.54, 1.807) is 24.3 Å². The average Bonchev–Trinajstić information content (AvgIpc) is 2.47. The summed E-state index contributed by atoms with van der Waals surface area (Å²) in [4.78, 5) is 11.7. The van der Waals surface area contributed by atoms with Gasteiger partial charge in [0.05, 0.1) is 0 Å². The number of anilines is 1. The molecule has 1 amide bonds. The lowest BCUT2D eigenvalue weighted by atomic mass is 10.2. The van der Waals surface area contributed by atoms with Gasteiger partial charge in [-0.25, -0.2) is 4.39 Å². The van der Waals surface area contributed by atoms with Crippen molar-refractivity contribution in [1.82, 2.24) is 0 Å². The lowest BCUT2D eigenvalue weighted by Gasteiger charge is -2.04. The molecular formula is C16H15FN2O. The van der Waals surface area contributed by atoms with Crippen molar-refractivity contribution in [1.29, 1.82) is 0 Å². The maximum absolute atomic E-state index is 12.7. The highest BCUT2D eigenvalue weighted by Gasteiger charge is 1.99. The molecule has 0 bridgehead atoms. The number of carbonyl (C=O) groups excluding carboxylic acids is 1. The summed E-state index contributed by atoms with van der Waals surface area (Å²) < 4.78 is 12.7. The highest BCUT2D eigenvalue weighted by molar-refractivity contribution is 6.01. The molecule has 0 aliphatic heterocycles. The largest absolute Gasteiger partial charge is 0.326 e. The Bertz CT molecular complexity index is 621. The fraction of sp³-hybridized carbons (Fsp3) is 0.0625. The Morgan fingerprint density at radius 1 is 1.20 bits per heavy atom. The Balaban J connectivity index is 1.99. The number of carbonyl (C=O) groups is 1. The second-order valence-electron chi connectivity index (χ2n) is 4.28. The minimum atomic E-state index is -0.301. The van der Waals surface area contributed by atoms with Gasteiger partial charge in [0.1, 0.15) is 5.82 Å². The molecule has 0 heterocycles. The smallest absolute Gasteiger partial charge is 0.248 e. The van der Waals surface area contributed by atoms with E-state index in [0.29, 0.717) is 12.2 Å². The molecule has 2 aromatic carbocycles. The summed E-state index contributed by atoms with van der Waals surface area (Å²) in [6.07, 6.45) is 3.03. The van der Waals surface area contributed by atoms with Crippen LogP contribution in [-0.2, 0) is 11.3 Å². The van der Waals surface area contributed by atoms with E-state index in [1.807, 2.05) is 18.2 Å². The maximum Gasteiger partial charge on any atom is 0.248 e. The number of halogens is 1. The van der Waals surface area contributed by atoms with Crippen LogP contribution in [0.3, 0.4) is 0 Å².